The third-order valence-electron chi connectivity index (χ3n) is 4.77. The first-order valence-corrected chi connectivity index (χ1v) is 11.2. The van der Waals surface area contributed by atoms with Crippen molar-refractivity contribution in [1.29, 1.82) is 0 Å². The lowest BCUT2D eigenvalue weighted by Gasteiger charge is -2.39. The average molecular weight is 478 g/mol. The van der Waals surface area contributed by atoms with E-state index in [1.54, 1.807) is 25.3 Å². The van der Waals surface area contributed by atoms with Crippen LogP contribution in [-0.2, 0) is 28.6 Å². The van der Waals surface area contributed by atoms with Gasteiger partial charge in [-0.2, -0.15) is 0 Å². The largest absolute Gasteiger partial charge is 0.474 e. The van der Waals surface area contributed by atoms with Gasteiger partial charge in [0.15, 0.2) is 23.7 Å². The molecule has 0 saturated carbocycles. The van der Waals surface area contributed by atoms with E-state index in [9.17, 15) is 18.8 Å². The zero-order valence-electron chi connectivity index (χ0n) is 18.6. The zero-order valence-corrected chi connectivity index (χ0v) is 19.4. The number of carbonyl (C=O) groups is 3. The number of esters is 3. The lowest BCUT2D eigenvalue weighted by atomic mass is 10.0. The Kier molecular flexibility index (Phi) is 7.91. The van der Waals surface area contributed by atoms with Gasteiger partial charge in [-0.05, 0) is 36.2 Å². The molecule has 0 spiro atoms. The summed E-state index contributed by atoms with van der Waals surface area (Å²) in [6.07, 6.45) is 0.227. The summed E-state index contributed by atoms with van der Waals surface area (Å²) in [5.74, 6) is -1.48. The smallest absolute Gasteiger partial charge is 0.303 e. The molecule has 1 fully saturated rings. The van der Waals surface area contributed by atoms with E-state index < -0.39 is 41.7 Å². The van der Waals surface area contributed by atoms with Gasteiger partial charge in [-0.1, -0.05) is 6.07 Å². The number of ether oxygens (including phenoxy) is 4. The minimum Gasteiger partial charge on any atom is -0.474 e. The predicted molar refractivity (Wildman–Crippen MR) is 118 cm³/mol. The number of nitrogens with zero attached hydrogens (tertiary/aromatic N) is 1. The Morgan fingerprint density at radius 1 is 0.970 bits per heavy atom. The Morgan fingerprint density at radius 2 is 1.64 bits per heavy atom. The van der Waals surface area contributed by atoms with Gasteiger partial charge in [0.25, 0.3) is 0 Å². The number of thioether (sulfide) groups is 1. The minimum absolute atomic E-state index is 0.254. The van der Waals surface area contributed by atoms with Crippen LogP contribution in [0.15, 0.2) is 36.7 Å². The summed E-state index contributed by atoms with van der Waals surface area (Å²) < 4.78 is 35.7. The molecular formula is C23H24FNO7S. The van der Waals surface area contributed by atoms with Crippen molar-refractivity contribution < 1.29 is 37.7 Å². The van der Waals surface area contributed by atoms with Gasteiger partial charge in [-0.15, -0.1) is 11.8 Å². The number of hydrogen-bond donors (Lipinski definition) is 0. The number of benzene rings is 1. The van der Waals surface area contributed by atoms with Crippen LogP contribution in [0.5, 0.6) is 5.75 Å². The molecule has 8 nitrogen and oxygen atoms in total. The molecule has 1 aromatic heterocycles. The summed E-state index contributed by atoms with van der Waals surface area (Å²) >= 11 is 1.25. The summed E-state index contributed by atoms with van der Waals surface area (Å²) in [6.45, 7) is 5.47. The first kappa shape index (κ1) is 24.5. The summed E-state index contributed by atoms with van der Waals surface area (Å²) in [5, 5.41) is 0. The number of hydrogen-bond acceptors (Lipinski definition) is 9. The van der Waals surface area contributed by atoms with Crippen LogP contribution >= 0.6 is 11.8 Å². The monoisotopic (exact) mass is 477 g/mol. The molecule has 1 saturated heterocycles. The van der Waals surface area contributed by atoms with Crippen molar-refractivity contribution >= 4 is 29.7 Å². The number of rotatable bonds is 6. The summed E-state index contributed by atoms with van der Waals surface area (Å²) in [4.78, 5) is 39.2. The SMILES string of the molecule is CC(=O)O[C@@H]1[C@@H](OC(C)=O)[C@@H](Oc2cncc(-c3ccc(F)cc3C)c2)SC[C@H]1OC(C)=O. The highest BCUT2D eigenvalue weighted by Crippen LogP contribution is 2.35. The van der Waals surface area contributed by atoms with E-state index in [1.807, 2.05) is 0 Å². The van der Waals surface area contributed by atoms with Crippen LogP contribution in [0.3, 0.4) is 0 Å². The van der Waals surface area contributed by atoms with Crippen molar-refractivity contribution in [3.63, 3.8) is 0 Å². The third kappa shape index (κ3) is 6.44. The van der Waals surface area contributed by atoms with E-state index in [0.29, 0.717) is 11.3 Å². The molecule has 2 aromatic rings. The van der Waals surface area contributed by atoms with Gasteiger partial charge in [0.05, 0.1) is 6.20 Å². The molecular weight excluding hydrogens is 453 g/mol. The maximum atomic E-state index is 13.5. The van der Waals surface area contributed by atoms with Crippen LogP contribution in [0.25, 0.3) is 11.1 Å². The average Bonchev–Trinajstić information content (AvgIpc) is 2.71. The van der Waals surface area contributed by atoms with E-state index in [2.05, 4.69) is 4.98 Å². The molecule has 33 heavy (non-hydrogen) atoms. The molecule has 1 aliphatic rings. The Morgan fingerprint density at radius 3 is 2.27 bits per heavy atom. The second-order valence-electron chi connectivity index (χ2n) is 7.48. The van der Waals surface area contributed by atoms with Crippen LogP contribution < -0.4 is 4.74 Å². The maximum absolute atomic E-state index is 13.5. The highest BCUT2D eigenvalue weighted by Gasteiger charge is 2.47. The zero-order chi connectivity index (χ0) is 24.1. The van der Waals surface area contributed by atoms with E-state index in [1.165, 1.54) is 50.9 Å². The quantitative estimate of drug-likeness (QED) is 0.457. The van der Waals surface area contributed by atoms with Crippen molar-refractivity contribution in [3.8, 4) is 16.9 Å². The van der Waals surface area contributed by atoms with Gasteiger partial charge in [0.2, 0.25) is 0 Å². The van der Waals surface area contributed by atoms with E-state index >= 15 is 0 Å². The van der Waals surface area contributed by atoms with Crippen LogP contribution in [0.4, 0.5) is 4.39 Å². The molecule has 0 radical (unpaired) electrons. The fourth-order valence-corrected chi connectivity index (χ4v) is 4.74. The Balaban J connectivity index is 1.88. The molecule has 176 valence electrons. The number of pyridine rings is 1. The van der Waals surface area contributed by atoms with E-state index in [-0.39, 0.29) is 11.6 Å². The van der Waals surface area contributed by atoms with Crippen LogP contribution in [0.2, 0.25) is 0 Å². The fourth-order valence-electron chi connectivity index (χ4n) is 3.53. The third-order valence-corrected chi connectivity index (χ3v) is 5.98. The first-order chi connectivity index (χ1) is 15.6. The minimum atomic E-state index is -1.04. The molecule has 2 heterocycles. The topological polar surface area (TPSA) is 101 Å². The number of aromatic nitrogens is 1. The van der Waals surface area contributed by atoms with Gasteiger partial charge in [-0.25, -0.2) is 4.39 Å². The standard InChI is InChI=1S/C23H24FNO7S/c1-12-7-17(24)5-6-19(12)16-8-18(10-25-9-16)32-23-22(31-15(4)28)21(30-14(3)27)20(11-33-23)29-13(2)26/h5-10,20-23H,11H2,1-4H3/t20-,21+,22-,23+/m1/s1. The molecule has 1 aromatic carbocycles. The molecule has 0 N–H and O–H groups in total. The number of carbonyl (C=O) groups excluding carboxylic acids is 3. The van der Waals surface area contributed by atoms with Gasteiger partial charge in [0, 0.05) is 38.3 Å². The second-order valence-corrected chi connectivity index (χ2v) is 8.62. The predicted octanol–water partition coefficient (Wildman–Crippen LogP) is 3.44. The van der Waals surface area contributed by atoms with Crippen LogP contribution in [0, 0.1) is 12.7 Å². The Labute approximate surface area is 194 Å². The van der Waals surface area contributed by atoms with Crippen LogP contribution in [0.1, 0.15) is 26.3 Å². The van der Waals surface area contributed by atoms with E-state index in [4.69, 9.17) is 18.9 Å². The van der Waals surface area contributed by atoms with Crippen molar-refractivity contribution in [1.82, 2.24) is 4.98 Å². The highest BCUT2D eigenvalue weighted by molar-refractivity contribution is 7.99. The maximum Gasteiger partial charge on any atom is 0.303 e. The van der Waals surface area contributed by atoms with Crippen molar-refractivity contribution in [2.75, 3.05) is 5.75 Å². The van der Waals surface area contributed by atoms with Gasteiger partial charge >= 0.3 is 17.9 Å². The van der Waals surface area contributed by atoms with Crippen LogP contribution in [-0.4, -0.2) is 52.4 Å². The molecule has 0 amide bonds. The van der Waals surface area contributed by atoms with Gasteiger partial charge in [-0.3, -0.25) is 19.4 Å². The van der Waals surface area contributed by atoms with Gasteiger partial charge < -0.3 is 18.9 Å². The Bertz CT molecular complexity index is 1050. The summed E-state index contributed by atoms with van der Waals surface area (Å²) in [7, 11) is 0. The molecule has 1 aliphatic heterocycles. The number of halogens is 1. The van der Waals surface area contributed by atoms with Crippen molar-refractivity contribution in [2.24, 2.45) is 0 Å². The van der Waals surface area contributed by atoms with Crippen molar-refractivity contribution in [3.05, 3.63) is 48.0 Å². The molecule has 0 bridgehead atoms. The molecule has 4 atom stereocenters. The van der Waals surface area contributed by atoms with E-state index in [0.717, 1.165) is 11.1 Å². The fraction of sp³-hybridized carbons (Fsp3) is 0.391. The lowest BCUT2D eigenvalue weighted by molar-refractivity contribution is -0.186. The summed E-state index contributed by atoms with van der Waals surface area (Å²) in [5.41, 5.74) is 1.47. The summed E-state index contributed by atoms with van der Waals surface area (Å²) in [6, 6.07) is 6.18. The first-order valence-electron chi connectivity index (χ1n) is 10.2. The van der Waals surface area contributed by atoms with Crippen molar-refractivity contribution in [2.45, 2.75) is 51.4 Å². The lowest BCUT2D eigenvalue weighted by Crippen LogP contribution is -2.55. The molecule has 0 unspecified atom stereocenters. The second kappa shape index (κ2) is 10.7. The molecule has 10 heteroatoms. The Hall–Kier alpha value is -3.14. The normalized spacial score (nSPS) is 22.2. The molecule has 3 rings (SSSR count). The van der Waals surface area contributed by atoms with Gasteiger partial charge in [0.1, 0.15) is 11.6 Å². The molecule has 0 aliphatic carbocycles. The number of aryl methyl sites for hydroxylation is 1. The highest BCUT2D eigenvalue weighted by atomic mass is 32.2.